The highest BCUT2D eigenvalue weighted by atomic mass is 16.2. The van der Waals surface area contributed by atoms with Gasteiger partial charge in [0.2, 0.25) is 5.91 Å². The summed E-state index contributed by atoms with van der Waals surface area (Å²) >= 11 is 0. The van der Waals surface area contributed by atoms with Crippen LogP contribution >= 0.6 is 0 Å². The number of hydrogen-bond acceptors (Lipinski definition) is 5. The van der Waals surface area contributed by atoms with Crippen LogP contribution in [0.15, 0.2) is 37.1 Å². The van der Waals surface area contributed by atoms with Crippen LogP contribution in [0.1, 0.15) is 37.4 Å². The van der Waals surface area contributed by atoms with Crippen molar-refractivity contribution in [3.8, 4) is 0 Å². The molecule has 1 unspecified atom stereocenters. The molecular formula is C20H26N6O2. The van der Waals surface area contributed by atoms with Crippen molar-refractivity contribution in [1.82, 2.24) is 24.8 Å². The first-order valence-electron chi connectivity index (χ1n) is 9.52. The van der Waals surface area contributed by atoms with Gasteiger partial charge < -0.3 is 15.1 Å². The van der Waals surface area contributed by atoms with Crippen LogP contribution in [0.3, 0.4) is 0 Å². The summed E-state index contributed by atoms with van der Waals surface area (Å²) in [6.07, 6.45) is 9.06. The molecule has 1 aliphatic rings. The molecule has 1 atom stereocenters. The van der Waals surface area contributed by atoms with Crippen LogP contribution in [0, 0.1) is 6.92 Å². The summed E-state index contributed by atoms with van der Waals surface area (Å²) < 4.78 is 0. The molecule has 2 aromatic rings. The summed E-state index contributed by atoms with van der Waals surface area (Å²) in [4.78, 5) is 40.8. The molecule has 3 heterocycles. The van der Waals surface area contributed by atoms with E-state index in [9.17, 15) is 9.59 Å². The summed E-state index contributed by atoms with van der Waals surface area (Å²) in [5.74, 6) is 0.0254. The summed E-state index contributed by atoms with van der Waals surface area (Å²) in [5, 5.41) is 2.90. The van der Waals surface area contributed by atoms with Crippen molar-refractivity contribution in [2.75, 3.05) is 18.4 Å². The lowest BCUT2D eigenvalue weighted by Gasteiger charge is -2.30. The third-order valence-corrected chi connectivity index (χ3v) is 4.96. The van der Waals surface area contributed by atoms with Crippen LogP contribution in [-0.2, 0) is 11.3 Å². The van der Waals surface area contributed by atoms with Gasteiger partial charge in [-0.3, -0.25) is 9.78 Å². The van der Waals surface area contributed by atoms with E-state index in [0.29, 0.717) is 25.3 Å². The number of urea groups is 1. The van der Waals surface area contributed by atoms with E-state index in [0.717, 1.165) is 30.5 Å². The third-order valence-electron chi connectivity index (χ3n) is 4.96. The number of hydrogen-bond donors (Lipinski definition) is 1. The van der Waals surface area contributed by atoms with Gasteiger partial charge in [-0.15, -0.1) is 0 Å². The Morgan fingerprint density at radius 1 is 1.18 bits per heavy atom. The molecule has 0 radical (unpaired) electrons. The van der Waals surface area contributed by atoms with Crippen molar-refractivity contribution in [1.29, 1.82) is 0 Å². The fourth-order valence-corrected chi connectivity index (χ4v) is 3.44. The molecule has 1 aliphatic heterocycles. The molecule has 3 rings (SSSR count). The molecule has 8 nitrogen and oxygen atoms in total. The zero-order valence-electron chi connectivity index (χ0n) is 16.3. The van der Waals surface area contributed by atoms with Gasteiger partial charge in [-0.2, -0.15) is 0 Å². The van der Waals surface area contributed by atoms with E-state index in [1.54, 1.807) is 25.5 Å². The number of rotatable bonds is 4. The second-order valence-corrected chi connectivity index (χ2v) is 7.08. The van der Waals surface area contributed by atoms with Gasteiger partial charge in [-0.05, 0) is 38.3 Å². The molecule has 8 heteroatoms. The number of carbonyl (C=O) groups is 2. The number of nitrogens with zero attached hydrogens (tertiary/aromatic N) is 5. The summed E-state index contributed by atoms with van der Waals surface area (Å²) in [5.41, 5.74) is 2.50. The Hall–Kier alpha value is -3.03. The highest BCUT2D eigenvalue weighted by Crippen LogP contribution is 2.20. The SMILES string of the molecule is CC(=O)N(Cc1cncnc1)C1CCCN(C(=O)Nc2ccc(C)nc2)CC1. The largest absolute Gasteiger partial charge is 0.335 e. The van der Waals surface area contributed by atoms with E-state index in [1.807, 2.05) is 28.9 Å². The molecule has 0 bridgehead atoms. The Morgan fingerprint density at radius 3 is 2.64 bits per heavy atom. The predicted molar refractivity (Wildman–Crippen MR) is 105 cm³/mol. The van der Waals surface area contributed by atoms with Crippen molar-refractivity contribution in [3.05, 3.63) is 48.3 Å². The minimum atomic E-state index is -0.128. The molecule has 0 aromatic carbocycles. The Morgan fingerprint density at radius 2 is 1.96 bits per heavy atom. The number of amides is 3. The van der Waals surface area contributed by atoms with Crippen LogP contribution in [0.2, 0.25) is 0 Å². The van der Waals surface area contributed by atoms with Gasteiger partial charge >= 0.3 is 6.03 Å². The van der Waals surface area contributed by atoms with Gasteiger partial charge in [-0.25, -0.2) is 14.8 Å². The fraction of sp³-hybridized carbons (Fsp3) is 0.450. The molecule has 0 spiro atoms. The molecule has 3 amide bonds. The fourth-order valence-electron chi connectivity index (χ4n) is 3.44. The van der Waals surface area contributed by atoms with Gasteiger partial charge in [-0.1, -0.05) is 0 Å². The van der Waals surface area contributed by atoms with E-state index in [-0.39, 0.29) is 18.0 Å². The predicted octanol–water partition coefficient (Wildman–Crippen LogP) is 2.62. The van der Waals surface area contributed by atoms with Gasteiger partial charge in [0, 0.05) is 56.3 Å². The van der Waals surface area contributed by atoms with Crippen molar-refractivity contribution in [2.45, 2.75) is 45.7 Å². The van der Waals surface area contributed by atoms with E-state index >= 15 is 0 Å². The van der Waals surface area contributed by atoms with E-state index < -0.39 is 0 Å². The van der Waals surface area contributed by atoms with E-state index in [2.05, 4.69) is 20.3 Å². The second-order valence-electron chi connectivity index (χ2n) is 7.08. The zero-order chi connectivity index (χ0) is 19.9. The molecule has 2 aromatic heterocycles. The van der Waals surface area contributed by atoms with Crippen molar-refractivity contribution in [3.63, 3.8) is 0 Å². The van der Waals surface area contributed by atoms with Gasteiger partial charge in [0.1, 0.15) is 6.33 Å². The van der Waals surface area contributed by atoms with Crippen molar-refractivity contribution in [2.24, 2.45) is 0 Å². The highest BCUT2D eigenvalue weighted by Gasteiger charge is 2.26. The van der Waals surface area contributed by atoms with Crippen LogP contribution in [0.25, 0.3) is 0 Å². The van der Waals surface area contributed by atoms with Gasteiger partial charge in [0.15, 0.2) is 0 Å². The van der Waals surface area contributed by atoms with Crippen molar-refractivity contribution < 1.29 is 9.59 Å². The first-order chi connectivity index (χ1) is 13.5. The molecule has 28 heavy (non-hydrogen) atoms. The minimum absolute atomic E-state index is 0.0254. The maximum Gasteiger partial charge on any atom is 0.321 e. The highest BCUT2D eigenvalue weighted by molar-refractivity contribution is 5.89. The number of likely N-dealkylation sites (tertiary alicyclic amines) is 1. The molecule has 1 fully saturated rings. The minimum Gasteiger partial charge on any atom is -0.335 e. The molecule has 0 saturated carbocycles. The number of nitrogens with one attached hydrogen (secondary N) is 1. The molecule has 0 aliphatic carbocycles. The number of anilines is 1. The van der Waals surface area contributed by atoms with Crippen LogP contribution in [0.5, 0.6) is 0 Å². The standard InChI is InChI=1S/C20H26N6O2/c1-15-5-6-18(12-23-15)24-20(28)25-8-3-4-19(7-9-25)26(16(2)27)13-17-10-21-14-22-11-17/h5-6,10-12,14,19H,3-4,7-9,13H2,1-2H3,(H,24,28). The first-order valence-corrected chi connectivity index (χ1v) is 9.52. The van der Waals surface area contributed by atoms with Gasteiger partial charge in [0.05, 0.1) is 11.9 Å². The number of pyridine rings is 1. The third kappa shape index (κ3) is 5.25. The smallest absolute Gasteiger partial charge is 0.321 e. The molecule has 148 valence electrons. The number of carbonyl (C=O) groups excluding carboxylic acids is 2. The Balaban J connectivity index is 1.60. The van der Waals surface area contributed by atoms with E-state index in [1.165, 1.54) is 6.33 Å². The quantitative estimate of drug-likeness (QED) is 0.878. The number of aromatic nitrogens is 3. The normalized spacial score (nSPS) is 16.9. The number of aryl methyl sites for hydroxylation is 1. The average molecular weight is 382 g/mol. The Bertz CT molecular complexity index is 796. The first kappa shape index (κ1) is 19.7. The lowest BCUT2D eigenvalue weighted by molar-refractivity contribution is -0.132. The second kappa shape index (κ2) is 9.25. The van der Waals surface area contributed by atoms with Gasteiger partial charge in [0.25, 0.3) is 0 Å². The molecular weight excluding hydrogens is 356 g/mol. The topological polar surface area (TPSA) is 91.3 Å². The Labute approximate surface area is 165 Å². The van der Waals surface area contributed by atoms with Crippen molar-refractivity contribution >= 4 is 17.6 Å². The monoisotopic (exact) mass is 382 g/mol. The summed E-state index contributed by atoms with van der Waals surface area (Å²) in [7, 11) is 0. The van der Waals surface area contributed by atoms with Crippen LogP contribution < -0.4 is 5.32 Å². The lowest BCUT2D eigenvalue weighted by Crippen LogP contribution is -2.40. The van der Waals surface area contributed by atoms with Crippen LogP contribution in [-0.4, -0.2) is 55.8 Å². The molecule has 1 N–H and O–H groups in total. The van der Waals surface area contributed by atoms with E-state index in [4.69, 9.17) is 0 Å². The summed E-state index contributed by atoms with van der Waals surface area (Å²) in [6.45, 7) is 5.25. The zero-order valence-corrected chi connectivity index (χ0v) is 16.3. The maximum atomic E-state index is 12.6. The maximum absolute atomic E-state index is 12.6. The van der Waals surface area contributed by atoms with Crippen LogP contribution in [0.4, 0.5) is 10.5 Å². The summed E-state index contributed by atoms with van der Waals surface area (Å²) in [6, 6.07) is 3.68. The Kier molecular flexibility index (Phi) is 6.52. The molecule has 1 saturated heterocycles. The lowest BCUT2D eigenvalue weighted by atomic mass is 10.1. The average Bonchev–Trinajstić information content (AvgIpc) is 2.94.